The Morgan fingerprint density at radius 1 is 1.12 bits per heavy atom. The molecule has 2 N–H and O–H groups in total. The Bertz CT molecular complexity index is 782. The Kier molecular flexibility index (Phi) is 5.19. The summed E-state index contributed by atoms with van der Waals surface area (Å²) >= 11 is 6.07. The first kappa shape index (κ1) is 17.2. The van der Waals surface area contributed by atoms with Gasteiger partial charge in [-0.3, -0.25) is 4.79 Å². The molecule has 2 aromatic rings. The van der Waals surface area contributed by atoms with Crippen LogP contribution >= 0.6 is 11.6 Å². The number of amides is 1. The number of hydrogen-bond acceptors (Lipinski definition) is 5. The molecule has 0 spiro atoms. The third-order valence-electron chi connectivity index (χ3n) is 3.74. The molecule has 1 heterocycles. The molecule has 0 saturated carbocycles. The maximum atomic E-state index is 12.4. The summed E-state index contributed by atoms with van der Waals surface area (Å²) in [6.45, 7) is 2.84. The molecule has 25 heavy (non-hydrogen) atoms. The van der Waals surface area contributed by atoms with Crippen molar-refractivity contribution in [2.24, 2.45) is 0 Å². The molecule has 0 bridgehead atoms. The van der Waals surface area contributed by atoms with E-state index in [1.54, 1.807) is 32.2 Å². The monoisotopic (exact) mass is 362 g/mol. The molecule has 0 unspecified atom stereocenters. The molecule has 1 aliphatic heterocycles. The van der Waals surface area contributed by atoms with Gasteiger partial charge >= 0.3 is 0 Å². The van der Waals surface area contributed by atoms with Crippen molar-refractivity contribution < 1.29 is 19.0 Å². The highest BCUT2D eigenvalue weighted by Crippen LogP contribution is 2.33. The van der Waals surface area contributed by atoms with E-state index in [2.05, 4.69) is 10.6 Å². The van der Waals surface area contributed by atoms with Crippen LogP contribution in [0.5, 0.6) is 17.2 Å². The largest absolute Gasteiger partial charge is 0.495 e. The highest BCUT2D eigenvalue weighted by molar-refractivity contribution is 6.32. The molecule has 6 nitrogen and oxygen atoms in total. The quantitative estimate of drug-likeness (QED) is 0.851. The van der Waals surface area contributed by atoms with Crippen molar-refractivity contribution in [1.29, 1.82) is 0 Å². The highest BCUT2D eigenvalue weighted by Gasteiger charge is 2.16. The van der Waals surface area contributed by atoms with Gasteiger partial charge in [-0.2, -0.15) is 0 Å². The SMILES string of the molecule is COc1ccc(NC(=O)[C@H](C)Nc2ccc3c(c2)OCCO3)cc1Cl. The zero-order valence-corrected chi connectivity index (χ0v) is 14.7. The Hall–Kier alpha value is -2.60. The van der Waals surface area contributed by atoms with Crippen molar-refractivity contribution in [2.75, 3.05) is 31.0 Å². The molecule has 3 rings (SSSR count). The first-order chi connectivity index (χ1) is 12.1. The van der Waals surface area contributed by atoms with Gasteiger partial charge in [0.1, 0.15) is 25.0 Å². The Balaban J connectivity index is 1.63. The smallest absolute Gasteiger partial charge is 0.246 e. The standard InChI is InChI=1S/C18H19ClN2O4/c1-11(18(22)21-12-3-5-15(23-2)14(19)9-12)20-13-4-6-16-17(10-13)25-8-7-24-16/h3-6,9-11,20H,7-8H2,1-2H3,(H,21,22)/t11-/m0/s1. The van der Waals surface area contributed by atoms with Gasteiger partial charge in [0.15, 0.2) is 11.5 Å². The maximum absolute atomic E-state index is 12.4. The summed E-state index contributed by atoms with van der Waals surface area (Å²) in [6, 6.07) is 10.1. The van der Waals surface area contributed by atoms with E-state index in [9.17, 15) is 4.79 Å². The molecule has 7 heteroatoms. The second kappa shape index (κ2) is 7.53. The number of hydrogen-bond donors (Lipinski definition) is 2. The number of rotatable bonds is 5. The van der Waals surface area contributed by atoms with Gasteiger partial charge in [0, 0.05) is 17.4 Å². The van der Waals surface area contributed by atoms with Gasteiger partial charge in [0.2, 0.25) is 5.91 Å². The Morgan fingerprint density at radius 3 is 2.56 bits per heavy atom. The van der Waals surface area contributed by atoms with E-state index in [4.69, 9.17) is 25.8 Å². The van der Waals surface area contributed by atoms with Crippen LogP contribution in [0.1, 0.15) is 6.92 Å². The van der Waals surface area contributed by atoms with Crippen LogP contribution in [0.15, 0.2) is 36.4 Å². The lowest BCUT2D eigenvalue weighted by molar-refractivity contribution is -0.116. The lowest BCUT2D eigenvalue weighted by Crippen LogP contribution is -2.31. The minimum absolute atomic E-state index is 0.184. The molecule has 0 aliphatic carbocycles. The van der Waals surface area contributed by atoms with Crippen LogP contribution in [-0.4, -0.2) is 32.3 Å². The van der Waals surface area contributed by atoms with Crippen LogP contribution in [0, 0.1) is 0 Å². The second-order valence-corrected chi connectivity index (χ2v) is 5.97. The van der Waals surface area contributed by atoms with Gasteiger partial charge in [-0.05, 0) is 37.3 Å². The molecule has 0 fully saturated rings. The van der Waals surface area contributed by atoms with E-state index in [0.29, 0.717) is 41.2 Å². The molecule has 1 amide bonds. The van der Waals surface area contributed by atoms with Crippen LogP contribution in [-0.2, 0) is 4.79 Å². The molecule has 2 aromatic carbocycles. The summed E-state index contributed by atoms with van der Waals surface area (Å²) in [7, 11) is 1.54. The van der Waals surface area contributed by atoms with E-state index in [1.807, 2.05) is 18.2 Å². The average molecular weight is 363 g/mol. The third-order valence-corrected chi connectivity index (χ3v) is 4.03. The van der Waals surface area contributed by atoms with Crippen molar-refractivity contribution in [2.45, 2.75) is 13.0 Å². The number of carbonyl (C=O) groups excluding carboxylic acids is 1. The fourth-order valence-electron chi connectivity index (χ4n) is 2.44. The van der Waals surface area contributed by atoms with Gasteiger partial charge in [0.05, 0.1) is 12.1 Å². The molecule has 132 valence electrons. The first-order valence-corrected chi connectivity index (χ1v) is 8.25. The summed E-state index contributed by atoms with van der Waals surface area (Å²) in [5, 5.41) is 6.40. The third kappa shape index (κ3) is 4.09. The van der Waals surface area contributed by atoms with Crippen molar-refractivity contribution in [3.05, 3.63) is 41.4 Å². The first-order valence-electron chi connectivity index (χ1n) is 7.87. The maximum Gasteiger partial charge on any atom is 0.246 e. The predicted molar refractivity (Wildman–Crippen MR) is 97.2 cm³/mol. The summed E-state index contributed by atoms with van der Waals surface area (Å²) in [4.78, 5) is 12.4. The van der Waals surface area contributed by atoms with Gasteiger partial charge in [-0.25, -0.2) is 0 Å². The van der Waals surface area contributed by atoms with Crippen LogP contribution in [0.2, 0.25) is 5.02 Å². The van der Waals surface area contributed by atoms with E-state index in [-0.39, 0.29) is 5.91 Å². The van der Waals surface area contributed by atoms with E-state index >= 15 is 0 Å². The second-order valence-electron chi connectivity index (χ2n) is 5.56. The molecule has 1 aliphatic rings. The number of halogens is 1. The Morgan fingerprint density at radius 2 is 1.84 bits per heavy atom. The zero-order chi connectivity index (χ0) is 17.8. The molecule has 0 saturated heterocycles. The minimum atomic E-state index is -0.455. The van der Waals surface area contributed by atoms with Gasteiger partial charge in [-0.1, -0.05) is 11.6 Å². The molecular weight excluding hydrogens is 344 g/mol. The minimum Gasteiger partial charge on any atom is -0.495 e. The van der Waals surface area contributed by atoms with Crippen molar-refractivity contribution >= 4 is 28.9 Å². The fourth-order valence-corrected chi connectivity index (χ4v) is 2.70. The number of nitrogens with one attached hydrogen (secondary N) is 2. The molecular formula is C18H19ClN2O4. The van der Waals surface area contributed by atoms with E-state index in [1.165, 1.54) is 0 Å². The zero-order valence-electron chi connectivity index (χ0n) is 14.0. The number of methoxy groups -OCH3 is 1. The van der Waals surface area contributed by atoms with Crippen molar-refractivity contribution in [1.82, 2.24) is 0 Å². The summed E-state index contributed by atoms with van der Waals surface area (Å²) in [5.41, 5.74) is 1.38. The van der Waals surface area contributed by atoms with E-state index < -0.39 is 6.04 Å². The number of ether oxygens (including phenoxy) is 3. The van der Waals surface area contributed by atoms with Crippen molar-refractivity contribution in [3.8, 4) is 17.2 Å². The lowest BCUT2D eigenvalue weighted by Gasteiger charge is -2.20. The average Bonchev–Trinajstić information content (AvgIpc) is 2.61. The molecule has 0 aromatic heterocycles. The van der Waals surface area contributed by atoms with Gasteiger partial charge in [-0.15, -0.1) is 0 Å². The van der Waals surface area contributed by atoms with Crippen molar-refractivity contribution in [3.63, 3.8) is 0 Å². The summed E-state index contributed by atoms with van der Waals surface area (Å²) in [6.07, 6.45) is 0. The topological polar surface area (TPSA) is 68.8 Å². The number of benzene rings is 2. The number of carbonyl (C=O) groups is 1. The van der Waals surface area contributed by atoms with Gasteiger partial charge in [0.25, 0.3) is 0 Å². The van der Waals surface area contributed by atoms with E-state index in [0.717, 1.165) is 5.69 Å². The van der Waals surface area contributed by atoms with Crippen LogP contribution in [0.25, 0.3) is 0 Å². The summed E-state index contributed by atoms with van der Waals surface area (Å²) in [5.74, 6) is 1.76. The summed E-state index contributed by atoms with van der Waals surface area (Å²) < 4.78 is 16.1. The number of anilines is 2. The predicted octanol–water partition coefficient (Wildman–Crippen LogP) is 3.56. The van der Waals surface area contributed by atoms with Crippen LogP contribution < -0.4 is 24.8 Å². The Labute approximate surface area is 151 Å². The number of fused-ring (bicyclic) bond motifs is 1. The molecule has 0 radical (unpaired) electrons. The van der Waals surface area contributed by atoms with Crippen LogP contribution in [0.4, 0.5) is 11.4 Å². The molecule has 1 atom stereocenters. The lowest BCUT2D eigenvalue weighted by atomic mass is 10.2. The van der Waals surface area contributed by atoms with Gasteiger partial charge < -0.3 is 24.8 Å². The van der Waals surface area contributed by atoms with Crippen LogP contribution in [0.3, 0.4) is 0 Å². The normalized spacial score (nSPS) is 13.7. The highest BCUT2D eigenvalue weighted by atomic mass is 35.5. The fraction of sp³-hybridized carbons (Fsp3) is 0.278.